The molecule has 0 spiro atoms. The lowest BCUT2D eigenvalue weighted by Gasteiger charge is -2.32. The number of halogens is 1. The first-order valence-corrected chi connectivity index (χ1v) is 6.54. The number of aromatic nitrogens is 1. The van der Waals surface area contributed by atoms with E-state index < -0.39 is 24.3 Å². The van der Waals surface area contributed by atoms with Crippen LogP contribution in [0.5, 0.6) is 0 Å². The van der Waals surface area contributed by atoms with E-state index in [1.807, 2.05) is 27.7 Å². The second kappa shape index (κ2) is 5.28. The minimum absolute atomic E-state index is 0.273. The molecule has 108 valence electrons. The van der Waals surface area contributed by atoms with Crippen molar-refractivity contribution in [3.63, 3.8) is 0 Å². The second-order valence-electron chi connectivity index (χ2n) is 5.85. The molecule has 1 aromatic rings. The van der Waals surface area contributed by atoms with Gasteiger partial charge in [0.05, 0.1) is 17.8 Å². The topological polar surface area (TPSA) is 51.6 Å². The maximum Gasteiger partial charge on any atom is 0.492 e. The molecule has 0 saturated carbocycles. The van der Waals surface area contributed by atoms with Crippen molar-refractivity contribution in [2.45, 2.75) is 38.9 Å². The number of aliphatic hydroxyl groups is 1. The molecule has 1 N–H and O–H groups in total. The molecule has 1 saturated heterocycles. The van der Waals surface area contributed by atoms with Crippen molar-refractivity contribution in [3.05, 3.63) is 35.3 Å². The monoisotopic (exact) mass is 279 g/mol. The highest BCUT2D eigenvalue weighted by atomic mass is 19.1. The van der Waals surface area contributed by atoms with Gasteiger partial charge in [-0.2, -0.15) is 4.39 Å². The molecule has 1 aliphatic heterocycles. The third kappa shape index (κ3) is 2.77. The minimum atomic E-state index is -0.690. The highest BCUT2D eigenvalue weighted by molar-refractivity contribution is 6.55. The zero-order valence-corrected chi connectivity index (χ0v) is 12.2. The molecule has 1 fully saturated rings. The summed E-state index contributed by atoms with van der Waals surface area (Å²) in [6, 6.07) is 3.22. The fourth-order valence-corrected chi connectivity index (χ4v) is 1.89. The van der Waals surface area contributed by atoms with E-state index in [1.54, 1.807) is 12.1 Å². The standard InChI is InChI=1S/C14H19BFNO3/c1-13(2)14(3,4)20-15(19-13)11(9-18)8-10-6-5-7-17-12(10)16/h5-8,18H,9H2,1-4H3. The minimum Gasteiger partial charge on any atom is -0.400 e. The summed E-state index contributed by atoms with van der Waals surface area (Å²) in [7, 11) is -0.690. The Balaban J connectivity index is 2.29. The molecule has 0 amide bonds. The van der Waals surface area contributed by atoms with Crippen molar-refractivity contribution in [2.75, 3.05) is 6.61 Å². The van der Waals surface area contributed by atoms with Gasteiger partial charge in [-0.25, -0.2) is 4.98 Å². The van der Waals surface area contributed by atoms with Crippen molar-refractivity contribution >= 4 is 13.2 Å². The third-order valence-electron chi connectivity index (χ3n) is 3.87. The van der Waals surface area contributed by atoms with Crippen LogP contribution in [0.15, 0.2) is 23.8 Å². The van der Waals surface area contributed by atoms with E-state index in [9.17, 15) is 9.50 Å². The lowest BCUT2D eigenvalue weighted by molar-refractivity contribution is 0.00578. The maximum absolute atomic E-state index is 13.6. The van der Waals surface area contributed by atoms with E-state index in [0.717, 1.165) is 0 Å². The third-order valence-corrected chi connectivity index (χ3v) is 3.87. The van der Waals surface area contributed by atoms with Crippen LogP contribution in [0.25, 0.3) is 6.08 Å². The SMILES string of the molecule is CC1(C)OB(C(=Cc2cccnc2F)CO)OC1(C)C. The maximum atomic E-state index is 13.6. The Labute approximate surface area is 118 Å². The van der Waals surface area contributed by atoms with Crippen LogP contribution in [0.3, 0.4) is 0 Å². The Morgan fingerprint density at radius 3 is 2.45 bits per heavy atom. The lowest BCUT2D eigenvalue weighted by Crippen LogP contribution is -2.41. The van der Waals surface area contributed by atoms with Gasteiger partial charge < -0.3 is 14.4 Å². The van der Waals surface area contributed by atoms with Crippen molar-refractivity contribution in [1.82, 2.24) is 4.98 Å². The van der Waals surface area contributed by atoms with E-state index in [2.05, 4.69) is 4.98 Å². The molecule has 6 heteroatoms. The van der Waals surface area contributed by atoms with E-state index >= 15 is 0 Å². The van der Waals surface area contributed by atoms with Crippen LogP contribution in [-0.2, 0) is 9.31 Å². The van der Waals surface area contributed by atoms with E-state index in [-0.39, 0.29) is 6.61 Å². The number of hydrogen-bond acceptors (Lipinski definition) is 4. The Kier molecular flexibility index (Phi) is 4.00. The van der Waals surface area contributed by atoms with Gasteiger partial charge in [-0.15, -0.1) is 0 Å². The summed E-state index contributed by atoms with van der Waals surface area (Å²) in [6.45, 7) is 7.42. The molecule has 2 heterocycles. The number of pyridine rings is 1. The fourth-order valence-electron chi connectivity index (χ4n) is 1.89. The van der Waals surface area contributed by atoms with E-state index in [0.29, 0.717) is 11.0 Å². The molecule has 1 aliphatic rings. The van der Waals surface area contributed by atoms with Crippen molar-refractivity contribution in [3.8, 4) is 0 Å². The van der Waals surface area contributed by atoms with Gasteiger partial charge in [0.25, 0.3) is 0 Å². The Morgan fingerprint density at radius 1 is 1.35 bits per heavy atom. The number of nitrogens with zero attached hydrogens (tertiary/aromatic N) is 1. The molecule has 20 heavy (non-hydrogen) atoms. The number of rotatable bonds is 3. The van der Waals surface area contributed by atoms with Crippen molar-refractivity contribution in [1.29, 1.82) is 0 Å². The van der Waals surface area contributed by atoms with Gasteiger partial charge in [0.1, 0.15) is 0 Å². The van der Waals surface area contributed by atoms with Gasteiger partial charge in [0, 0.05) is 11.8 Å². The second-order valence-corrected chi connectivity index (χ2v) is 5.85. The van der Waals surface area contributed by atoms with Crippen molar-refractivity contribution in [2.24, 2.45) is 0 Å². The van der Waals surface area contributed by atoms with Gasteiger partial charge in [-0.3, -0.25) is 0 Å². The van der Waals surface area contributed by atoms with Crippen molar-refractivity contribution < 1.29 is 18.8 Å². The van der Waals surface area contributed by atoms with Crippen LogP contribution in [-0.4, -0.2) is 35.0 Å². The first-order valence-electron chi connectivity index (χ1n) is 6.54. The van der Waals surface area contributed by atoms with Crippen LogP contribution in [0.1, 0.15) is 33.3 Å². The lowest BCUT2D eigenvalue weighted by atomic mass is 9.77. The van der Waals surface area contributed by atoms with Crippen LogP contribution in [0.2, 0.25) is 0 Å². The molecular formula is C14H19BFNO3. The fraction of sp³-hybridized carbons (Fsp3) is 0.500. The van der Waals surface area contributed by atoms with Crippen LogP contribution < -0.4 is 0 Å². The smallest absolute Gasteiger partial charge is 0.400 e. The average Bonchev–Trinajstić information content (AvgIpc) is 2.57. The Hall–Kier alpha value is -1.24. The van der Waals surface area contributed by atoms with Gasteiger partial charge in [0.15, 0.2) is 0 Å². The highest BCUT2D eigenvalue weighted by Crippen LogP contribution is 2.38. The molecule has 0 aliphatic carbocycles. The number of aliphatic hydroxyl groups excluding tert-OH is 1. The molecule has 0 unspecified atom stereocenters. The zero-order valence-electron chi connectivity index (χ0n) is 12.2. The Morgan fingerprint density at radius 2 is 1.95 bits per heavy atom. The zero-order chi connectivity index (χ0) is 15.0. The summed E-state index contributed by atoms with van der Waals surface area (Å²) < 4.78 is 25.2. The summed E-state index contributed by atoms with van der Waals surface area (Å²) >= 11 is 0. The molecule has 2 rings (SSSR count). The Bertz CT molecular complexity index is 515. The summed E-state index contributed by atoms with van der Waals surface area (Å²) in [5.74, 6) is -0.588. The van der Waals surface area contributed by atoms with Gasteiger partial charge in [0.2, 0.25) is 5.95 Å². The summed E-state index contributed by atoms with van der Waals surface area (Å²) in [5.41, 5.74) is -0.236. The molecule has 4 nitrogen and oxygen atoms in total. The van der Waals surface area contributed by atoms with Crippen LogP contribution in [0.4, 0.5) is 4.39 Å². The molecule has 0 radical (unpaired) electrons. The molecule has 0 aromatic carbocycles. The van der Waals surface area contributed by atoms with Gasteiger partial charge in [-0.05, 0) is 45.3 Å². The van der Waals surface area contributed by atoms with E-state index in [4.69, 9.17) is 9.31 Å². The largest absolute Gasteiger partial charge is 0.492 e. The quantitative estimate of drug-likeness (QED) is 0.681. The molecule has 0 atom stereocenters. The predicted octanol–water partition coefficient (Wildman–Crippen LogP) is 2.23. The van der Waals surface area contributed by atoms with E-state index in [1.165, 1.54) is 12.3 Å². The summed E-state index contributed by atoms with van der Waals surface area (Å²) in [4.78, 5) is 3.58. The van der Waals surface area contributed by atoms with Gasteiger partial charge in [-0.1, -0.05) is 6.08 Å². The predicted molar refractivity (Wildman–Crippen MR) is 75.3 cm³/mol. The molecular weight excluding hydrogens is 260 g/mol. The first-order chi connectivity index (χ1) is 9.27. The average molecular weight is 279 g/mol. The molecule has 0 bridgehead atoms. The highest BCUT2D eigenvalue weighted by Gasteiger charge is 2.52. The summed E-state index contributed by atoms with van der Waals surface area (Å²) in [6.07, 6.45) is 2.89. The summed E-state index contributed by atoms with van der Waals surface area (Å²) in [5, 5.41) is 9.51. The number of hydrogen-bond donors (Lipinski definition) is 1. The van der Waals surface area contributed by atoms with Crippen LogP contribution in [0, 0.1) is 5.95 Å². The molecule has 1 aromatic heterocycles. The van der Waals surface area contributed by atoms with Crippen LogP contribution >= 0.6 is 0 Å². The normalized spacial score (nSPS) is 21.3. The first kappa shape index (κ1) is 15.2. The van der Waals surface area contributed by atoms with Gasteiger partial charge >= 0.3 is 7.12 Å².